The highest BCUT2D eigenvalue weighted by atomic mass is 32.2. The SMILES string of the molecule is CCN(CC)S(=O)[O-].c1cn[nH]c1. The van der Waals surface area contributed by atoms with Crippen molar-refractivity contribution in [3.63, 3.8) is 0 Å². The number of aromatic amines is 1. The number of nitrogens with zero attached hydrogens (tertiary/aromatic N) is 2. The van der Waals surface area contributed by atoms with Gasteiger partial charge in [0.2, 0.25) is 0 Å². The van der Waals surface area contributed by atoms with Crippen LogP contribution in [0.25, 0.3) is 0 Å². The maximum absolute atomic E-state index is 10.1. The second-order valence-electron chi connectivity index (χ2n) is 2.10. The number of nitrogens with one attached hydrogen (secondary N) is 1. The van der Waals surface area contributed by atoms with E-state index in [1.54, 1.807) is 26.2 Å². The fourth-order valence-electron chi connectivity index (χ4n) is 0.650. The van der Waals surface area contributed by atoms with E-state index < -0.39 is 11.3 Å². The monoisotopic (exact) mass is 204 g/mol. The fourth-order valence-corrected chi connectivity index (χ4v) is 1.07. The van der Waals surface area contributed by atoms with Crippen LogP contribution in [0.2, 0.25) is 0 Å². The molecule has 6 heteroatoms. The highest BCUT2D eigenvalue weighted by Gasteiger charge is 1.94. The Morgan fingerprint density at radius 2 is 2.15 bits per heavy atom. The fraction of sp³-hybridized carbons (Fsp3) is 0.571. The quantitative estimate of drug-likeness (QED) is 0.730. The zero-order valence-corrected chi connectivity index (χ0v) is 8.58. The Hall–Kier alpha value is -0.720. The van der Waals surface area contributed by atoms with Crippen molar-refractivity contribution in [2.45, 2.75) is 13.8 Å². The molecule has 1 N–H and O–H groups in total. The maximum atomic E-state index is 10.1. The lowest BCUT2D eigenvalue weighted by atomic mass is 10.7. The van der Waals surface area contributed by atoms with Crippen LogP contribution in [0, 0.1) is 0 Å². The van der Waals surface area contributed by atoms with Gasteiger partial charge in [-0.25, -0.2) is 4.31 Å². The van der Waals surface area contributed by atoms with Crippen LogP contribution in [0.15, 0.2) is 18.5 Å². The number of rotatable bonds is 3. The molecule has 1 atom stereocenters. The minimum Gasteiger partial charge on any atom is -0.760 e. The van der Waals surface area contributed by atoms with Crippen LogP contribution in [-0.4, -0.2) is 36.4 Å². The van der Waals surface area contributed by atoms with Crippen LogP contribution >= 0.6 is 0 Å². The molecule has 0 aliphatic rings. The molecule has 0 aliphatic carbocycles. The molecule has 1 heterocycles. The summed E-state index contributed by atoms with van der Waals surface area (Å²) in [7, 11) is 0. The molecule has 0 radical (unpaired) electrons. The highest BCUT2D eigenvalue weighted by Crippen LogP contribution is 1.87. The summed E-state index contributed by atoms with van der Waals surface area (Å²) in [5.74, 6) is 0. The third-order valence-corrected chi connectivity index (χ3v) is 2.26. The topological polar surface area (TPSA) is 72.1 Å². The Labute approximate surface area is 80.6 Å². The van der Waals surface area contributed by atoms with E-state index in [-0.39, 0.29) is 0 Å². The second-order valence-corrected chi connectivity index (χ2v) is 3.05. The predicted molar refractivity (Wildman–Crippen MR) is 50.4 cm³/mol. The molecule has 0 saturated heterocycles. The van der Waals surface area contributed by atoms with E-state index in [9.17, 15) is 8.76 Å². The smallest absolute Gasteiger partial charge is 0.0487 e. The van der Waals surface area contributed by atoms with Crippen molar-refractivity contribution in [2.24, 2.45) is 0 Å². The van der Waals surface area contributed by atoms with Gasteiger partial charge in [0.05, 0.1) is 0 Å². The number of hydrogen-bond acceptors (Lipinski definition) is 3. The molecule has 0 aromatic carbocycles. The molecular weight excluding hydrogens is 190 g/mol. The average Bonchev–Trinajstić information content (AvgIpc) is 2.62. The molecule has 0 aliphatic heterocycles. The first kappa shape index (κ1) is 12.3. The van der Waals surface area contributed by atoms with E-state index in [2.05, 4.69) is 10.2 Å². The zero-order valence-electron chi connectivity index (χ0n) is 7.77. The Morgan fingerprint density at radius 3 is 2.23 bits per heavy atom. The molecule has 1 aromatic heterocycles. The summed E-state index contributed by atoms with van der Waals surface area (Å²) >= 11 is -2.02. The first-order chi connectivity index (χ1) is 6.22. The average molecular weight is 204 g/mol. The Morgan fingerprint density at radius 1 is 1.54 bits per heavy atom. The van der Waals surface area contributed by atoms with Crippen molar-refractivity contribution in [3.05, 3.63) is 18.5 Å². The van der Waals surface area contributed by atoms with Crippen molar-refractivity contribution >= 4 is 11.3 Å². The predicted octanol–water partition coefficient (Wildman–Crippen LogP) is 0.532. The standard InChI is InChI=1S/C4H11NO2S.C3H4N2/c1-3-5(4-2)8(6)7;1-2-4-5-3-1/h3-4H2,1-2H3,(H,6,7);1-3H,(H,4,5)/p-1. The second kappa shape index (κ2) is 7.90. The summed E-state index contributed by atoms with van der Waals surface area (Å²) in [5, 5.41) is 6.21. The molecule has 0 fully saturated rings. The molecular formula is C7H14N3O2S-. The molecule has 0 amide bonds. The number of aromatic nitrogens is 2. The molecule has 1 aromatic rings. The summed E-state index contributed by atoms with van der Waals surface area (Å²) in [4.78, 5) is 0. The minimum atomic E-state index is -2.02. The van der Waals surface area contributed by atoms with E-state index in [1.165, 1.54) is 4.31 Å². The summed E-state index contributed by atoms with van der Waals surface area (Å²) < 4.78 is 21.5. The van der Waals surface area contributed by atoms with Gasteiger partial charge in [0, 0.05) is 36.7 Å². The Bertz CT molecular complexity index is 194. The highest BCUT2D eigenvalue weighted by molar-refractivity contribution is 7.76. The van der Waals surface area contributed by atoms with Crippen LogP contribution in [-0.2, 0) is 11.3 Å². The van der Waals surface area contributed by atoms with Crippen LogP contribution in [0.3, 0.4) is 0 Å². The molecule has 0 saturated carbocycles. The first-order valence-electron chi connectivity index (χ1n) is 4.00. The summed E-state index contributed by atoms with van der Waals surface area (Å²) in [6, 6.07) is 1.83. The van der Waals surface area contributed by atoms with Crippen molar-refractivity contribution in [3.8, 4) is 0 Å². The zero-order chi connectivity index (χ0) is 10.1. The van der Waals surface area contributed by atoms with Crippen molar-refractivity contribution < 1.29 is 8.76 Å². The van der Waals surface area contributed by atoms with Crippen LogP contribution in [0.4, 0.5) is 0 Å². The van der Waals surface area contributed by atoms with Gasteiger partial charge in [-0.15, -0.1) is 0 Å². The van der Waals surface area contributed by atoms with Crippen molar-refractivity contribution in [2.75, 3.05) is 13.1 Å². The van der Waals surface area contributed by atoms with E-state index in [0.717, 1.165) is 0 Å². The van der Waals surface area contributed by atoms with Gasteiger partial charge in [0.1, 0.15) is 0 Å². The molecule has 1 rings (SSSR count). The lowest BCUT2D eigenvalue weighted by molar-refractivity contribution is 0.414. The first-order valence-corrected chi connectivity index (χ1v) is 5.03. The van der Waals surface area contributed by atoms with E-state index >= 15 is 0 Å². The third-order valence-electron chi connectivity index (χ3n) is 1.32. The van der Waals surface area contributed by atoms with E-state index in [0.29, 0.717) is 13.1 Å². The minimum absolute atomic E-state index is 0.562. The molecule has 13 heavy (non-hydrogen) atoms. The van der Waals surface area contributed by atoms with Crippen molar-refractivity contribution in [1.29, 1.82) is 0 Å². The number of hydrogen-bond donors (Lipinski definition) is 1. The van der Waals surface area contributed by atoms with Gasteiger partial charge in [-0.2, -0.15) is 5.10 Å². The lowest BCUT2D eigenvalue weighted by Crippen LogP contribution is -2.24. The largest absolute Gasteiger partial charge is 0.760 e. The van der Waals surface area contributed by atoms with Gasteiger partial charge < -0.3 is 4.55 Å². The summed E-state index contributed by atoms with van der Waals surface area (Å²) in [6.45, 7) is 4.73. The molecule has 76 valence electrons. The molecule has 0 spiro atoms. The summed E-state index contributed by atoms with van der Waals surface area (Å²) in [5.41, 5.74) is 0. The third kappa shape index (κ3) is 6.44. The van der Waals surface area contributed by atoms with Crippen LogP contribution in [0.5, 0.6) is 0 Å². The Kier molecular flexibility index (Phi) is 7.47. The van der Waals surface area contributed by atoms with Gasteiger partial charge in [-0.3, -0.25) is 9.31 Å². The van der Waals surface area contributed by atoms with Crippen LogP contribution in [0.1, 0.15) is 13.8 Å². The van der Waals surface area contributed by atoms with Gasteiger partial charge >= 0.3 is 0 Å². The summed E-state index contributed by atoms with van der Waals surface area (Å²) in [6.07, 6.45) is 3.46. The molecule has 5 nitrogen and oxygen atoms in total. The molecule has 0 bridgehead atoms. The van der Waals surface area contributed by atoms with Gasteiger partial charge in [-0.1, -0.05) is 13.8 Å². The van der Waals surface area contributed by atoms with Crippen molar-refractivity contribution in [1.82, 2.24) is 14.5 Å². The van der Waals surface area contributed by atoms with E-state index in [4.69, 9.17) is 0 Å². The maximum Gasteiger partial charge on any atom is 0.0487 e. The normalized spacial score (nSPS) is 12.0. The van der Waals surface area contributed by atoms with Gasteiger partial charge in [0.15, 0.2) is 0 Å². The Balaban J connectivity index is 0.000000243. The lowest BCUT2D eigenvalue weighted by Gasteiger charge is -2.19. The van der Waals surface area contributed by atoms with Crippen LogP contribution < -0.4 is 0 Å². The van der Waals surface area contributed by atoms with E-state index in [1.807, 2.05) is 6.07 Å². The van der Waals surface area contributed by atoms with Gasteiger partial charge in [0.25, 0.3) is 0 Å². The van der Waals surface area contributed by atoms with Gasteiger partial charge in [-0.05, 0) is 6.07 Å². The molecule has 1 unspecified atom stereocenters. The number of H-pyrrole nitrogens is 1.